The maximum Gasteiger partial charge on any atom is 0.433 e. The highest BCUT2D eigenvalue weighted by molar-refractivity contribution is 5.76. The summed E-state index contributed by atoms with van der Waals surface area (Å²) in [6.07, 6.45) is 1.29. The van der Waals surface area contributed by atoms with Crippen LogP contribution >= 0.6 is 0 Å². The van der Waals surface area contributed by atoms with E-state index in [2.05, 4.69) is 36.1 Å². The average molecular weight is 320 g/mol. The lowest BCUT2D eigenvalue weighted by Gasteiger charge is -2.07. The summed E-state index contributed by atoms with van der Waals surface area (Å²) in [6, 6.07) is 2.68. The molecule has 122 valence electrons. The van der Waals surface area contributed by atoms with E-state index in [0.717, 1.165) is 0 Å². The van der Waals surface area contributed by atoms with E-state index in [9.17, 15) is 10.1 Å². The van der Waals surface area contributed by atoms with E-state index in [1.54, 1.807) is 0 Å². The normalized spacial score (nSPS) is 10.7. The zero-order chi connectivity index (χ0) is 16.7. The Kier molecular flexibility index (Phi) is 5.39. The fourth-order valence-corrected chi connectivity index (χ4v) is 1.56. The van der Waals surface area contributed by atoms with E-state index in [1.807, 2.05) is 13.8 Å². The third kappa shape index (κ3) is 4.62. The van der Waals surface area contributed by atoms with Crippen LogP contribution in [0.3, 0.4) is 0 Å². The first-order chi connectivity index (χ1) is 11.1. The zero-order valence-electron chi connectivity index (χ0n) is 12.6. The lowest BCUT2D eigenvalue weighted by molar-refractivity contribution is -0.402. The minimum absolute atomic E-state index is 0.226. The summed E-state index contributed by atoms with van der Waals surface area (Å²) in [5, 5.41) is 20.4. The molecular formula is C12H16N8O3. The Hall–Kier alpha value is -3.24. The number of nitro groups is 1. The molecule has 0 atom stereocenters. The smallest absolute Gasteiger partial charge is 0.400 e. The Bertz CT molecular complexity index is 675. The van der Waals surface area contributed by atoms with Crippen molar-refractivity contribution in [3.63, 3.8) is 0 Å². The van der Waals surface area contributed by atoms with Gasteiger partial charge >= 0.3 is 5.88 Å². The van der Waals surface area contributed by atoms with Gasteiger partial charge in [0.2, 0.25) is 17.8 Å². The lowest BCUT2D eigenvalue weighted by Crippen LogP contribution is -2.10. The van der Waals surface area contributed by atoms with Crippen molar-refractivity contribution < 1.29 is 9.34 Å². The minimum Gasteiger partial charge on any atom is -0.400 e. The Morgan fingerprint density at radius 3 is 2.30 bits per heavy atom. The summed E-state index contributed by atoms with van der Waals surface area (Å²) in [5.41, 5.74) is 2.63. The number of hydrogen-bond donors (Lipinski definition) is 3. The molecule has 0 saturated heterocycles. The Balaban J connectivity index is 2.08. The monoisotopic (exact) mass is 320 g/mol. The molecule has 0 aliphatic carbocycles. The molecule has 11 heteroatoms. The van der Waals surface area contributed by atoms with Crippen molar-refractivity contribution in [2.45, 2.75) is 13.8 Å². The number of rotatable bonds is 8. The van der Waals surface area contributed by atoms with Gasteiger partial charge in [-0.1, -0.05) is 0 Å². The standard InChI is InChI=1S/C12H16N8O3/c1-3-13-10-16-11(14-4-2)18-12(17-10)19-15-7-8-5-6-9(23-8)20(21)22/h5-7H,3-4H2,1-2H3,(H3,13,14,16,17,18,19)/b15-7+. The molecule has 3 N–H and O–H groups in total. The van der Waals surface area contributed by atoms with Crippen LogP contribution in [0.2, 0.25) is 0 Å². The van der Waals surface area contributed by atoms with Crippen molar-refractivity contribution in [3.05, 3.63) is 28.0 Å². The molecule has 2 heterocycles. The van der Waals surface area contributed by atoms with Crippen molar-refractivity contribution >= 4 is 29.9 Å². The van der Waals surface area contributed by atoms with Crippen LogP contribution in [0.25, 0.3) is 0 Å². The van der Waals surface area contributed by atoms with E-state index >= 15 is 0 Å². The fraction of sp³-hybridized carbons (Fsp3) is 0.333. The van der Waals surface area contributed by atoms with E-state index in [4.69, 9.17) is 4.42 Å². The first kappa shape index (κ1) is 16.1. The van der Waals surface area contributed by atoms with Crippen LogP contribution in [0, 0.1) is 10.1 Å². The van der Waals surface area contributed by atoms with Gasteiger partial charge in [0.05, 0.1) is 12.3 Å². The van der Waals surface area contributed by atoms with Gasteiger partial charge in [-0.2, -0.15) is 20.1 Å². The van der Waals surface area contributed by atoms with Gasteiger partial charge in [0.25, 0.3) is 0 Å². The number of furan rings is 1. The van der Waals surface area contributed by atoms with Gasteiger partial charge in [-0.15, -0.1) is 0 Å². The van der Waals surface area contributed by atoms with Crippen LogP contribution in [-0.4, -0.2) is 39.2 Å². The van der Waals surface area contributed by atoms with Gasteiger partial charge in [0.1, 0.15) is 4.92 Å². The average Bonchev–Trinajstić information content (AvgIpc) is 2.97. The van der Waals surface area contributed by atoms with Crippen LogP contribution in [0.5, 0.6) is 0 Å². The van der Waals surface area contributed by atoms with Crippen molar-refractivity contribution in [3.8, 4) is 0 Å². The molecule has 0 fully saturated rings. The van der Waals surface area contributed by atoms with Crippen molar-refractivity contribution in [2.75, 3.05) is 29.1 Å². The topological polar surface area (TPSA) is 143 Å². The number of nitrogens with zero attached hydrogens (tertiary/aromatic N) is 5. The van der Waals surface area contributed by atoms with Crippen LogP contribution in [-0.2, 0) is 0 Å². The van der Waals surface area contributed by atoms with Gasteiger partial charge < -0.3 is 15.1 Å². The second-order valence-corrected chi connectivity index (χ2v) is 4.17. The summed E-state index contributed by atoms with van der Waals surface area (Å²) >= 11 is 0. The van der Waals surface area contributed by atoms with Gasteiger partial charge in [-0.25, -0.2) is 5.43 Å². The molecule has 0 amide bonds. The maximum atomic E-state index is 10.5. The van der Waals surface area contributed by atoms with Crippen LogP contribution in [0.4, 0.5) is 23.7 Å². The molecule has 0 unspecified atom stereocenters. The highest BCUT2D eigenvalue weighted by atomic mass is 16.6. The molecule has 0 radical (unpaired) electrons. The van der Waals surface area contributed by atoms with Crippen LogP contribution in [0.1, 0.15) is 19.6 Å². The van der Waals surface area contributed by atoms with E-state index in [1.165, 1.54) is 18.3 Å². The summed E-state index contributed by atoms with van der Waals surface area (Å²) in [7, 11) is 0. The number of nitrogens with one attached hydrogen (secondary N) is 3. The van der Waals surface area contributed by atoms with E-state index in [-0.39, 0.29) is 17.6 Å². The Morgan fingerprint density at radius 2 is 1.78 bits per heavy atom. The van der Waals surface area contributed by atoms with Gasteiger partial charge in [0, 0.05) is 13.1 Å². The van der Waals surface area contributed by atoms with Crippen molar-refractivity contribution in [1.82, 2.24) is 15.0 Å². The van der Waals surface area contributed by atoms with E-state index < -0.39 is 4.92 Å². The van der Waals surface area contributed by atoms with Gasteiger partial charge in [-0.3, -0.25) is 10.1 Å². The summed E-state index contributed by atoms with van der Waals surface area (Å²) in [4.78, 5) is 22.3. The minimum atomic E-state index is -0.623. The summed E-state index contributed by atoms with van der Waals surface area (Å²) in [6.45, 7) is 5.17. The highest BCUT2D eigenvalue weighted by Gasteiger charge is 2.10. The second-order valence-electron chi connectivity index (χ2n) is 4.17. The largest absolute Gasteiger partial charge is 0.433 e. The van der Waals surface area contributed by atoms with Gasteiger partial charge in [-0.05, 0) is 19.9 Å². The predicted octanol–water partition coefficient (Wildman–Crippen LogP) is 1.68. The molecule has 0 spiro atoms. The van der Waals surface area contributed by atoms with Crippen LogP contribution < -0.4 is 16.1 Å². The molecule has 23 heavy (non-hydrogen) atoms. The highest BCUT2D eigenvalue weighted by Crippen LogP contribution is 2.14. The molecule has 0 aliphatic rings. The maximum absolute atomic E-state index is 10.5. The molecule has 2 rings (SSSR count). The van der Waals surface area contributed by atoms with Gasteiger partial charge in [0.15, 0.2) is 5.76 Å². The quantitative estimate of drug-likeness (QED) is 0.376. The molecule has 11 nitrogen and oxygen atoms in total. The molecule has 0 bridgehead atoms. The van der Waals surface area contributed by atoms with Crippen molar-refractivity contribution in [1.29, 1.82) is 0 Å². The lowest BCUT2D eigenvalue weighted by atomic mass is 10.5. The van der Waals surface area contributed by atoms with E-state index in [0.29, 0.717) is 25.0 Å². The zero-order valence-corrected chi connectivity index (χ0v) is 12.6. The number of aromatic nitrogens is 3. The fourth-order valence-electron chi connectivity index (χ4n) is 1.56. The third-order valence-corrected chi connectivity index (χ3v) is 2.45. The number of hydrazone groups is 1. The number of hydrogen-bond acceptors (Lipinski definition) is 10. The third-order valence-electron chi connectivity index (χ3n) is 2.45. The summed E-state index contributed by atoms with van der Waals surface area (Å²) < 4.78 is 4.94. The number of anilines is 3. The first-order valence-electron chi connectivity index (χ1n) is 6.89. The molecule has 2 aromatic rings. The molecule has 0 saturated carbocycles. The Morgan fingerprint density at radius 1 is 1.17 bits per heavy atom. The SMILES string of the molecule is CCNc1nc(NCC)nc(N/N=C/c2ccc([N+](=O)[O-])o2)n1. The van der Waals surface area contributed by atoms with Crippen molar-refractivity contribution in [2.24, 2.45) is 5.10 Å². The molecule has 0 aliphatic heterocycles. The second kappa shape index (κ2) is 7.68. The molecule has 0 aromatic carbocycles. The van der Waals surface area contributed by atoms with Crippen LogP contribution in [0.15, 0.2) is 21.7 Å². The predicted molar refractivity (Wildman–Crippen MR) is 84.7 cm³/mol. The summed E-state index contributed by atoms with van der Waals surface area (Å²) in [5.74, 6) is 0.923. The Labute approximate surface area is 131 Å². The molecular weight excluding hydrogens is 304 g/mol. The molecule has 2 aromatic heterocycles. The first-order valence-corrected chi connectivity index (χ1v) is 6.89.